The van der Waals surface area contributed by atoms with Crippen LogP contribution < -0.4 is 16.0 Å². The van der Waals surface area contributed by atoms with Gasteiger partial charge in [0.15, 0.2) is 0 Å². The van der Waals surface area contributed by atoms with Crippen LogP contribution >= 0.6 is 11.3 Å². The molecule has 1 saturated carbocycles. The van der Waals surface area contributed by atoms with Crippen molar-refractivity contribution in [2.45, 2.75) is 18.9 Å². The number of carbonyl (C=O) groups excluding carboxylic acids is 1. The molecule has 2 heterocycles. The molecule has 0 bridgehead atoms. The Morgan fingerprint density at radius 1 is 1.44 bits per heavy atom. The second-order valence-corrected chi connectivity index (χ2v) is 5.75. The Balaban J connectivity index is 1.74. The first kappa shape index (κ1) is 11.8. The molecule has 1 aromatic rings. The third-order valence-electron chi connectivity index (χ3n) is 3.19. The summed E-state index contributed by atoms with van der Waals surface area (Å²) in [6.45, 7) is 3.20. The van der Waals surface area contributed by atoms with E-state index < -0.39 is 0 Å². The molecule has 18 heavy (non-hydrogen) atoms. The van der Waals surface area contributed by atoms with Crippen LogP contribution in [0, 0.1) is 0 Å². The number of amides is 1. The van der Waals surface area contributed by atoms with Crippen molar-refractivity contribution in [1.82, 2.24) is 5.32 Å². The van der Waals surface area contributed by atoms with Crippen molar-refractivity contribution in [2.24, 2.45) is 0 Å². The Labute approximate surface area is 110 Å². The van der Waals surface area contributed by atoms with Gasteiger partial charge >= 0.3 is 0 Å². The summed E-state index contributed by atoms with van der Waals surface area (Å²) in [5.41, 5.74) is 6.52. The third kappa shape index (κ3) is 2.44. The summed E-state index contributed by atoms with van der Waals surface area (Å²) >= 11 is 1.48. The molecule has 1 saturated heterocycles. The lowest BCUT2D eigenvalue weighted by atomic mass is 10.3. The highest BCUT2D eigenvalue weighted by atomic mass is 32.1. The van der Waals surface area contributed by atoms with Gasteiger partial charge in [0.05, 0.1) is 23.9 Å². The van der Waals surface area contributed by atoms with Gasteiger partial charge in [-0.25, -0.2) is 0 Å². The van der Waals surface area contributed by atoms with E-state index >= 15 is 0 Å². The number of ether oxygens (including phenoxy) is 1. The lowest BCUT2D eigenvalue weighted by Gasteiger charge is -2.27. The van der Waals surface area contributed by atoms with E-state index in [0.717, 1.165) is 44.1 Å². The van der Waals surface area contributed by atoms with Crippen LogP contribution in [0.4, 0.5) is 10.7 Å². The van der Waals surface area contributed by atoms with Crippen LogP contribution in [0.25, 0.3) is 0 Å². The monoisotopic (exact) mass is 267 g/mol. The maximum Gasteiger partial charge on any atom is 0.263 e. The number of hydrogen-bond acceptors (Lipinski definition) is 5. The second-order valence-electron chi connectivity index (χ2n) is 4.72. The summed E-state index contributed by atoms with van der Waals surface area (Å²) in [5, 5.41) is 4.04. The molecule has 0 radical (unpaired) electrons. The highest BCUT2D eigenvalue weighted by molar-refractivity contribution is 7.18. The molecule has 1 amide bonds. The lowest BCUT2D eigenvalue weighted by Crippen LogP contribution is -2.35. The summed E-state index contributed by atoms with van der Waals surface area (Å²) in [6.07, 6.45) is 2.18. The van der Waals surface area contributed by atoms with Crippen molar-refractivity contribution in [3.05, 3.63) is 10.9 Å². The fraction of sp³-hybridized carbons (Fsp3) is 0.583. The maximum atomic E-state index is 12.0. The molecule has 3 rings (SSSR count). The van der Waals surface area contributed by atoms with E-state index in [0.29, 0.717) is 16.6 Å². The Kier molecular flexibility index (Phi) is 3.13. The second kappa shape index (κ2) is 4.78. The van der Waals surface area contributed by atoms with Crippen molar-refractivity contribution in [3.63, 3.8) is 0 Å². The number of morpholine rings is 1. The van der Waals surface area contributed by atoms with Gasteiger partial charge in [0.25, 0.3) is 5.91 Å². The third-order valence-corrected chi connectivity index (χ3v) is 4.40. The van der Waals surface area contributed by atoms with Crippen molar-refractivity contribution < 1.29 is 9.53 Å². The standard InChI is InChI=1S/C12H17N3O2S/c13-9-7-10(15-3-5-17-6-4-15)18-11(9)12(16)14-8-1-2-8/h7-8H,1-6,13H2,(H,14,16). The zero-order chi connectivity index (χ0) is 12.5. The zero-order valence-corrected chi connectivity index (χ0v) is 11.0. The molecule has 2 fully saturated rings. The van der Waals surface area contributed by atoms with Gasteiger partial charge in [-0.3, -0.25) is 4.79 Å². The molecule has 3 N–H and O–H groups in total. The first-order valence-electron chi connectivity index (χ1n) is 6.27. The number of anilines is 2. The number of hydrogen-bond donors (Lipinski definition) is 2. The molecule has 2 aliphatic rings. The SMILES string of the molecule is Nc1cc(N2CCOCC2)sc1C(=O)NC1CC1. The van der Waals surface area contributed by atoms with Crippen LogP contribution in [0.2, 0.25) is 0 Å². The van der Waals surface area contributed by atoms with E-state index in [9.17, 15) is 4.79 Å². The summed E-state index contributed by atoms with van der Waals surface area (Å²) in [4.78, 5) is 14.9. The van der Waals surface area contributed by atoms with E-state index in [1.807, 2.05) is 6.07 Å². The molecule has 98 valence electrons. The van der Waals surface area contributed by atoms with Gasteiger partial charge in [-0.15, -0.1) is 11.3 Å². The molecular formula is C12H17N3O2S. The fourth-order valence-corrected chi connectivity index (χ4v) is 3.02. The number of nitrogen functional groups attached to an aromatic ring is 1. The number of nitrogens with two attached hydrogens (primary N) is 1. The minimum atomic E-state index is -0.0282. The van der Waals surface area contributed by atoms with Gasteiger partial charge in [0.2, 0.25) is 0 Å². The van der Waals surface area contributed by atoms with E-state index in [1.54, 1.807) is 0 Å². The molecule has 0 unspecified atom stereocenters. The number of thiophene rings is 1. The number of nitrogens with zero attached hydrogens (tertiary/aromatic N) is 1. The molecule has 0 aromatic carbocycles. The van der Waals surface area contributed by atoms with Crippen LogP contribution in [0.1, 0.15) is 22.5 Å². The Hall–Kier alpha value is -1.27. The highest BCUT2D eigenvalue weighted by Gasteiger charge is 2.26. The molecule has 1 aromatic heterocycles. The summed E-state index contributed by atoms with van der Waals surface area (Å²) in [7, 11) is 0. The predicted molar refractivity (Wildman–Crippen MR) is 72.3 cm³/mol. The molecule has 1 aliphatic heterocycles. The number of nitrogens with one attached hydrogen (secondary N) is 1. The van der Waals surface area contributed by atoms with E-state index in [4.69, 9.17) is 10.5 Å². The van der Waals surface area contributed by atoms with E-state index in [-0.39, 0.29) is 5.91 Å². The normalized spacial score (nSPS) is 19.9. The molecule has 5 nitrogen and oxygen atoms in total. The molecular weight excluding hydrogens is 250 g/mol. The average molecular weight is 267 g/mol. The van der Waals surface area contributed by atoms with Gasteiger partial charge in [0.1, 0.15) is 4.88 Å². The van der Waals surface area contributed by atoms with Gasteiger partial charge < -0.3 is 20.7 Å². The summed E-state index contributed by atoms with van der Waals surface area (Å²) < 4.78 is 5.32. The number of carbonyl (C=O) groups is 1. The summed E-state index contributed by atoms with van der Waals surface area (Å²) in [5.74, 6) is -0.0282. The highest BCUT2D eigenvalue weighted by Crippen LogP contribution is 2.33. The van der Waals surface area contributed by atoms with Crippen molar-refractivity contribution in [2.75, 3.05) is 36.9 Å². The van der Waals surface area contributed by atoms with Crippen molar-refractivity contribution in [1.29, 1.82) is 0 Å². The van der Waals surface area contributed by atoms with Crippen molar-refractivity contribution in [3.8, 4) is 0 Å². The van der Waals surface area contributed by atoms with E-state index in [1.165, 1.54) is 11.3 Å². The van der Waals surface area contributed by atoms with Crippen LogP contribution in [0.3, 0.4) is 0 Å². The predicted octanol–water partition coefficient (Wildman–Crippen LogP) is 1.06. The van der Waals surface area contributed by atoms with Crippen LogP contribution in [0.15, 0.2) is 6.07 Å². The first-order valence-corrected chi connectivity index (χ1v) is 7.08. The minimum absolute atomic E-state index is 0.0282. The van der Waals surface area contributed by atoms with Crippen molar-refractivity contribution >= 4 is 27.9 Å². The topological polar surface area (TPSA) is 67.6 Å². The average Bonchev–Trinajstić information content (AvgIpc) is 3.10. The van der Waals surface area contributed by atoms with Gasteiger partial charge in [-0.1, -0.05) is 0 Å². The smallest absolute Gasteiger partial charge is 0.263 e. The fourth-order valence-electron chi connectivity index (χ4n) is 1.99. The first-order chi connectivity index (χ1) is 8.74. The Morgan fingerprint density at radius 3 is 2.83 bits per heavy atom. The van der Waals surface area contributed by atoms with E-state index in [2.05, 4.69) is 10.2 Å². The minimum Gasteiger partial charge on any atom is -0.397 e. The van der Waals surface area contributed by atoms with Gasteiger partial charge in [-0.05, 0) is 18.9 Å². The largest absolute Gasteiger partial charge is 0.397 e. The molecule has 0 atom stereocenters. The Bertz CT molecular complexity index is 450. The maximum absolute atomic E-state index is 12.0. The quantitative estimate of drug-likeness (QED) is 0.859. The van der Waals surface area contributed by atoms with Gasteiger partial charge in [-0.2, -0.15) is 0 Å². The van der Waals surface area contributed by atoms with Gasteiger partial charge in [0, 0.05) is 19.1 Å². The summed E-state index contributed by atoms with van der Waals surface area (Å²) in [6, 6.07) is 2.27. The number of rotatable bonds is 3. The lowest BCUT2D eigenvalue weighted by molar-refractivity contribution is 0.0956. The molecule has 1 aliphatic carbocycles. The molecule has 6 heteroatoms. The zero-order valence-electron chi connectivity index (χ0n) is 10.1. The van der Waals surface area contributed by atoms with Crippen LogP contribution in [-0.2, 0) is 4.74 Å². The van der Waals surface area contributed by atoms with Crippen LogP contribution in [-0.4, -0.2) is 38.3 Å². The molecule has 0 spiro atoms. The van der Waals surface area contributed by atoms with Crippen LogP contribution in [0.5, 0.6) is 0 Å². The Morgan fingerprint density at radius 2 is 2.17 bits per heavy atom.